The highest BCUT2D eigenvalue weighted by Crippen LogP contribution is 2.24. The number of hydrogen-bond donors (Lipinski definition) is 1. The first-order valence-corrected chi connectivity index (χ1v) is 13.9. The molecule has 19 heavy (non-hydrogen) atoms. The smallest absolute Gasteiger partial charge is 0.188 e. The standard InChI is InChI=1S/C14H25NOSSi2/c1-18(2,3)15(19(4,5)6)11-12-9-7-8-10-13(12)14(16)17/h7-10H,11H2,1-6H3,(H,16,17). The molecule has 0 aliphatic rings. The topological polar surface area (TPSA) is 23.5 Å². The molecule has 2 nitrogen and oxygen atoms in total. The summed E-state index contributed by atoms with van der Waals surface area (Å²) in [6.45, 7) is 15.2. The van der Waals surface area contributed by atoms with Crippen molar-refractivity contribution in [1.29, 1.82) is 0 Å². The van der Waals surface area contributed by atoms with Gasteiger partial charge in [0.2, 0.25) is 0 Å². The molecule has 5 heteroatoms. The second-order valence-electron chi connectivity index (χ2n) is 6.89. The SMILES string of the molecule is C[Si](C)(C)N(Cc1ccccc1C(O)=S)[Si](C)(C)C. The van der Waals surface area contributed by atoms with Gasteiger partial charge in [-0.05, 0) is 17.8 Å². The molecular weight excluding hydrogens is 286 g/mol. The van der Waals surface area contributed by atoms with Crippen molar-refractivity contribution in [2.24, 2.45) is 0 Å². The van der Waals surface area contributed by atoms with Gasteiger partial charge in [-0.15, -0.1) is 0 Å². The van der Waals surface area contributed by atoms with E-state index in [9.17, 15) is 5.11 Å². The van der Waals surface area contributed by atoms with Crippen molar-refractivity contribution in [3.63, 3.8) is 0 Å². The summed E-state index contributed by atoms with van der Waals surface area (Å²) in [6, 6.07) is 7.92. The summed E-state index contributed by atoms with van der Waals surface area (Å²) >= 11 is 4.95. The predicted molar refractivity (Wildman–Crippen MR) is 93.0 cm³/mol. The van der Waals surface area contributed by atoms with Gasteiger partial charge >= 0.3 is 0 Å². The van der Waals surface area contributed by atoms with Crippen LogP contribution in [0.1, 0.15) is 11.1 Å². The minimum atomic E-state index is -1.39. The van der Waals surface area contributed by atoms with Crippen molar-refractivity contribution in [2.75, 3.05) is 0 Å². The van der Waals surface area contributed by atoms with Crippen molar-refractivity contribution in [3.05, 3.63) is 35.4 Å². The molecule has 0 radical (unpaired) electrons. The first-order valence-electron chi connectivity index (χ1n) is 6.62. The van der Waals surface area contributed by atoms with E-state index in [4.69, 9.17) is 12.2 Å². The minimum absolute atomic E-state index is 0.00158. The average molecular weight is 312 g/mol. The van der Waals surface area contributed by atoms with Gasteiger partial charge in [-0.2, -0.15) is 0 Å². The van der Waals surface area contributed by atoms with Crippen LogP contribution in [0.15, 0.2) is 24.3 Å². The minimum Gasteiger partial charge on any atom is -0.499 e. The summed E-state index contributed by atoms with van der Waals surface area (Å²) in [5.74, 6) is 0. The van der Waals surface area contributed by atoms with Crippen molar-refractivity contribution < 1.29 is 5.11 Å². The Morgan fingerprint density at radius 3 is 1.95 bits per heavy atom. The van der Waals surface area contributed by atoms with Crippen LogP contribution < -0.4 is 0 Å². The Hall–Kier alpha value is -0.496. The quantitative estimate of drug-likeness (QED) is 0.644. The summed E-state index contributed by atoms with van der Waals surface area (Å²) < 4.78 is 2.69. The number of aliphatic hydroxyl groups excluding tert-OH is 1. The maximum Gasteiger partial charge on any atom is 0.188 e. The third kappa shape index (κ3) is 4.52. The summed E-state index contributed by atoms with van der Waals surface area (Å²) in [6.07, 6.45) is 0. The zero-order valence-corrected chi connectivity index (χ0v) is 15.6. The van der Waals surface area contributed by atoms with Gasteiger partial charge in [-0.25, -0.2) is 0 Å². The highest BCUT2D eigenvalue weighted by atomic mass is 32.1. The highest BCUT2D eigenvalue weighted by Gasteiger charge is 2.34. The van der Waals surface area contributed by atoms with E-state index in [-0.39, 0.29) is 5.05 Å². The van der Waals surface area contributed by atoms with Crippen LogP contribution in [0.3, 0.4) is 0 Å². The molecule has 1 aromatic rings. The van der Waals surface area contributed by atoms with E-state index < -0.39 is 16.5 Å². The molecule has 0 aromatic heterocycles. The van der Waals surface area contributed by atoms with Gasteiger partial charge < -0.3 is 9.34 Å². The number of thiocarbonyl (C=S) groups is 1. The normalized spacial score (nSPS) is 12.8. The van der Waals surface area contributed by atoms with E-state index in [0.29, 0.717) is 0 Å². The van der Waals surface area contributed by atoms with Gasteiger partial charge in [0.1, 0.15) is 16.5 Å². The van der Waals surface area contributed by atoms with Gasteiger partial charge in [0.25, 0.3) is 0 Å². The maximum atomic E-state index is 9.66. The lowest BCUT2D eigenvalue weighted by Gasteiger charge is -2.43. The second kappa shape index (κ2) is 5.87. The van der Waals surface area contributed by atoms with Crippen molar-refractivity contribution in [3.8, 4) is 0 Å². The first-order chi connectivity index (χ1) is 8.53. The average Bonchev–Trinajstić information content (AvgIpc) is 2.23. The second-order valence-corrected chi connectivity index (χ2v) is 17.5. The zero-order chi connectivity index (χ0) is 14.8. The Kier molecular flexibility index (Phi) is 5.11. The van der Waals surface area contributed by atoms with Gasteiger partial charge in [0.15, 0.2) is 5.05 Å². The highest BCUT2D eigenvalue weighted by molar-refractivity contribution is 7.80. The van der Waals surface area contributed by atoms with E-state index in [2.05, 4.69) is 49.6 Å². The zero-order valence-electron chi connectivity index (χ0n) is 12.8. The third-order valence-corrected chi connectivity index (χ3v) is 11.0. The summed E-state index contributed by atoms with van der Waals surface area (Å²) in [5.41, 5.74) is 1.94. The molecule has 1 aromatic carbocycles. The monoisotopic (exact) mass is 311 g/mol. The fourth-order valence-electron chi connectivity index (χ4n) is 2.52. The number of rotatable bonds is 5. The fraction of sp³-hybridized carbons (Fsp3) is 0.500. The predicted octanol–water partition coefficient (Wildman–Crippen LogP) is 4.39. The van der Waals surface area contributed by atoms with Crippen LogP contribution in [-0.2, 0) is 6.54 Å². The lowest BCUT2D eigenvalue weighted by molar-refractivity contribution is 0.565. The number of hydrogen-bond acceptors (Lipinski definition) is 2. The van der Waals surface area contributed by atoms with Crippen LogP contribution in [0.4, 0.5) is 0 Å². The first kappa shape index (κ1) is 16.6. The lowest BCUT2D eigenvalue weighted by Crippen LogP contribution is -2.58. The molecule has 0 unspecified atom stereocenters. The van der Waals surface area contributed by atoms with Crippen LogP contribution in [-0.4, -0.2) is 30.9 Å². The van der Waals surface area contributed by atoms with Crippen LogP contribution in [0.5, 0.6) is 0 Å². The number of nitrogens with zero attached hydrogens (tertiary/aromatic N) is 1. The third-order valence-electron chi connectivity index (χ3n) is 3.20. The van der Waals surface area contributed by atoms with Crippen LogP contribution >= 0.6 is 12.2 Å². The molecule has 0 saturated heterocycles. The summed E-state index contributed by atoms with van der Waals surface area (Å²) in [5, 5.41) is 9.66. The van der Waals surface area contributed by atoms with Gasteiger partial charge in [0, 0.05) is 12.1 Å². The van der Waals surface area contributed by atoms with E-state index in [0.717, 1.165) is 17.7 Å². The maximum absolute atomic E-state index is 9.66. The van der Waals surface area contributed by atoms with Gasteiger partial charge in [0.05, 0.1) is 0 Å². The molecule has 0 saturated carbocycles. The Labute approximate surface area is 124 Å². The molecular formula is C14H25NOSSi2. The fourth-order valence-corrected chi connectivity index (χ4v) is 12.1. The van der Waals surface area contributed by atoms with Crippen LogP contribution in [0.25, 0.3) is 0 Å². The number of benzene rings is 1. The molecule has 1 rings (SSSR count). The molecule has 0 heterocycles. The van der Waals surface area contributed by atoms with Gasteiger partial charge in [-0.1, -0.05) is 63.5 Å². The van der Waals surface area contributed by atoms with Crippen molar-refractivity contribution >= 4 is 33.7 Å². The number of aliphatic hydroxyl groups is 1. The molecule has 106 valence electrons. The van der Waals surface area contributed by atoms with E-state index in [1.165, 1.54) is 0 Å². The summed E-state index contributed by atoms with van der Waals surface area (Å²) in [7, 11) is -2.78. The molecule has 0 amide bonds. The Morgan fingerprint density at radius 1 is 1.05 bits per heavy atom. The molecule has 0 aliphatic heterocycles. The van der Waals surface area contributed by atoms with E-state index >= 15 is 0 Å². The van der Waals surface area contributed by atoms with Crippen LogP contribution in [0.2, 0.25) is 39.3 Å². The molecule has 0 bridgehead atoms. The van der Waals surface area contributed by atoms with Crippen LogP contribution in [0, 0.1) is 0 Å². The molecule has 0 atom stereocenters. The molecule has 0 aliphatic carbocycles. The van der Waals surface area contributed by atoms with Crippen molar-refractivity contribution in [2.45, 2.75) is 45.8 Å². The Morgan fingerprint density at radius 2 is 1.53 bits per heavy atom. The lowest BCUT2D eigenvalue weighted by atomic mass is 10.1. The Balaban J connectivity index is 3.15. The molecule has 0 spiro atoms. The molecule has 1 N–H and O–H groups in total. The summed E-state index contributed by atoms with van der Waals surface area (Å²) in [4.78, 5) is 0. The van der Waals surface area contributed by atoms with E-state index in [1.54, 1.807) is 0 Å². The van der Waals surface area contributed by atoms with Crippen molar-refractivity contribution in [1.82, 2.24) is 4.23 Å². The Bertz CT molecular complexity index is 449. The molecule has 0 fully saturated rings. The van der Waals surface area contributed by atoms with E-state index in [1.807, 2.05) is 18.2 Å². The van der Waals surface area contributed by atoms with Gasteiger partial charge in [-0.3, -0.25) is 0 Å². The largest absolute Gasteiger partial charge is 0.499 e.